The molecule has 0 saturated carbocycles. The Morgan fingerprint density at radius 1 is 1.12 bits per heavy atom. The zero-order chi connectivity index (χ0) is 24.1. The highest BCUT2D eigenvalue weighted by atomic mass is 32.2. The van der Waals surface area contributed by atoms with Crippen molar-refractivity contribution in [1.29, 1.82) is 0 Å². The first-order valence-electron chi connectivity index (χ1n) is 11.6. The second-order valence-corrected chi connectivity index (χ2v) is 9.06. The smallest absolute Gasteiger partial charge is 0.234 e. The highest BCUT2D eigenvalue weighted by Crippen LogP contribution is 2.26. The molecule has 1 aliphatic rings. The van der Waals surface area contributed by atoms with Gasteiger partial charge < -0.3 is 19.7 Å². The lowest BCUT2D eigenvalue weighted by atomic mass is 10.2. The van der Waals surface area contributed by atoms with E-state index in [1.165, 1.54) is 17.4 Å². The molecule has 34 heavy (non-hydrogen) atoms. The SMILES string of the molecule is CCN(CC)c1ccc(-c2nnc(SCC(=O)Nc3cccc(N4CCCC4=O)c3)n2C)cc1. The Hall–Kier alpha value is -3.33. The topological polar surface area (TPSA) is 83.4 Å². The number of thioether (sulfide) groups is 1. The Labute approximate surface area is 204 Å². The number of nitrogens with one attached hydrogen (secondary N) is 1. The third-order valence-electron chi connectivity index (χ3n) is 5.94. The Morgan fingerprint density at radius 3 is 2.56 bits per heavy atom. The van der Waals surface area contributed by atoms with E-state index in [0.29, 0.717) is 17.3 Å². The largest absolute Gasteiger partial charge is 0.372 e. The van der Waals surface area contributed by atoms with Gasteiger partial charge in [0.05, 0.1) is 5.75 Å². The van der Waals surface area contributed by atoms with Crippen molar-refractivity contribution < 1.29 is 9.59 Å². The van der Waals surface area contributed by atoms with Gasteiger partial charge in [-0.1, -0.05) is 17.8 Å². The van der Waals surface area contributed by atoms with Crippen molar-refractivity contribution in [2.24, 2.45) is 7.05 Å². The molecule has 9 heteroatoms. The molecule has 0 bridgehead atoms. The Kier molecular flexibility index (Phi) is 7.52. The summed E-state index contributed by atoms with van der Waals surface area (Å²) in [6.07, 6.45) is 1.44. The quantitative estimate of drug-likeness (QED) is 0.465. The summed E-state index contributed by atoms with van der Waals surface area (Å²) in [5.74, 6) is 0.958. The summed E-state index contributed by atoms with van der Waals surface area (Å²) in [4.78, 5) is 28.6. The van der Waals surface area contributed by atoms with Crippen LogP contribution in [0.4, 0.5) is 17.1 Å². The molecular formula is C25H30N6O2S. The second kappa shape index (κ2) is 10.7. The van der Waals surface area contributed by atoms with Gasteiger partial charge in [0.2, 0.25) is 11.8 Å². The first-order chi connectivity index (χ1) is 16.5. The van der Waals surface area contributed by atoms with Gasteiger partial charge in [-0.2, -0.15) is 0 Å². The predicted molar refractivity (Wildman–Crippen MR) is 137 cm³/mol. The predicted octanol–water partition coefficient (Wildman–Crippen LogP) is 4.19. The zero-order valence-corrected chi connectivity index (χ0v) is 20.6. The average Bonchev–Trinajstić information content (AvgIpc) is 3.44. The highest BCUT2D eigenvalue weighted by Gasteiger charge is 2.22. The molecule has 3 aromatic rings. The molecule has 1 fully saturated rings. The van der Waals surface area contributed by atoms with Crippen LogP contribution in [-0.4, -0.2) is 52.0 Å². The summed E-state index contributed by atoms with van der Waals surface area (Å²) in [6.45, 7) is 6.93. The molecule has 1 saturated heterocycles. The first-order valence-corrected chi connectivity index (χ1v) is 12.6. The summed E-state index contributed by atoms with van der Waals surface area (Å²) < 4.78 is 1.91. The second-order valence-electron chi connectivity index (χ2n) is 8.12. The van der Waals surface area contributed by atoms with Gasteiger partial charge in [-0.05, 0) is 62.7 Å². The minimum atomic E-state index is -0.136. The standard InChI is InChI=1S/C25H30N6O2S/c1-4-30(5-2)20-13-11-18(12-14-20)24-27-28-25(29(24)3)34-17-22(32)26-19-8-6-9-21(16-19)31-15-7-10-23(31)33/h6,8-9,11-14,16H,4-5,7,10,15,17H2,1-3H3,(H,26,32). The van der Waals surface area contributed by atoms with Crippen LogP contribution in [0.25, 0.3) is 11.4 Å². The summed E-state index contributed by atoms with van der Waals surface area (Å²) in [5, 5.41) is 12.2. The summed E-state index contributed by atoms with van der Waals surface area (Å²) in [7, 11) is 1.91. The Bertz CT molecular complexity index is 1160. The molecule has 0 aliphatic carbocycles. The lowest BCUT2D eigenvalue weighted by Gasteiger charge is -2.21. The molecule has 0 radical (unpaired) electrons. The van der Waals surface area contributed by atoms with Gasteiger partial charge in [0.15, 0.2) is 11.0 Å². The zero-order valence-electron chi connectivity index (χ0n) is 19.8. The molecule has 0 atom stereocenters. The van der Waals surface area contributed by atoms with Gasteiger partial charge in [-0.15, -0.1) is 10.2 Å². The van der Waals surface area contributed by atoms with Crippen LogP contribution in [0.1, 0.15) is 26.7 Å². The van der Waals surface area contributed by atoms with E-state index in [0.717, 1.165) is 43.1 Å². The van der Waals surface area contributed by atoms with E-state index < -0.39 is 0 Å². The van der Waals surface area contributed by atoms with Crippen LogP contribution < -0.4 is 15.1 Å². The maximum atomic E-state index is 12.6. The van der Waals surface area contributed by atoms with Crippen LogP contribution >= 0.6 is 11.8 Å². The highest BCUT2D eigenvalue weighted by molar-refractivity contribution is 7.99. The van der Waals surface area contributed by atoms with Crippen LogP contribution in [0, 0.1) is 0 Å². The molecule has 2 aromatic carbocycles. The Morgan fingerprint density at radius 2 is 1.88 bits per heavy atom. The lowest BCUT2D eigenvalue weighted by molar-refractivity contribution is -0.117. The number of rotatable bonds is 9. The van der Waals surface area contributed by atoms with Gasteiger partial charge in [-0.25, -0.2) is 0 Å². The molecule has 178 valence electrons. The number of carbonyl (C=O) groups is 2. The maximum absolute atomic E-state index is 12.6. The van der Waals surface area contributed by atoms with Crippen molar-refractivity contribution in [3.63, 3.8) is 0 Å². The van der Waals surface area contributed by atoms with Gasteiger partial charge >= 0.3 is 0 Å². The van der Waals surface area contributed by atoms with Gasteiger partial charge in [0, 0.05) is 55.7 Å². The molecule has 4 rings (SSSR count). The number of carbonyl (C=O) groups excluding carboxylic acids is 2. The van der Waals surface area contributed by atoms with Gasteiger partial charge in [-0.3, -0.25) is 9.59 Å². The normalized spacial score (nSPS) is 13.4. The van der Waals surface area contributed by atoms with Crippen LogP contribution in [0.2, 0.25) is 0 Å². The van der Waals surface area contributed by atoms with Crippen molar-refractivity contribution in [3.05, 3.63) is 48.5 Å². The van der Waals surface area contributed by atoms with E-state index in [4.69, 9.17) is 0 Å². The summed E-state index contributed by atoms with van der Waals surface area (Å²) in [5.41, 5.74) is 3.66. The number of hydrogen-bond acceptors (Lipinski definition) is 6. The summed E-state index contributed by atoms with van der Waals surface area (Å²) in [6, 6.07) is 15.7. The molecular weight excluding hydrogens is 448 g/mol. The number of amides is 2. The van der Waals surface area contributed by atoms with Crippen LogP contribution in [0.3, 0.4) is 0 Å². The van der Waals surface area contributed by atoms with E-state index in [1.54, 1.807) is 4.90 Å². The van der Waals surface area contributed by atoms with Crippen LogP contribution in [-0.2, 0) is 16.6 Å². The van der Waals surface area contributed by atoms with Gasteiger partial charge in [0.1, 0.15) is 0 Å². The lowest BCUT2D eigenvalue weighted by Crippen LogP contribution is -2.23. The molecule has 0 unspecified atom stereocenters. The third-order valence-corrected chi connectivity index (χ3v) is 6.96. The van der Waals surface area contributed by atoms with Crippen molar-refractivity contribution in [2.45, 2.75) is 31.8 Å². The number of nitrogens with zero attached hydrogens (tertiary/aromatic N) is 5. The Balaban J connectivity index is 1.36. The minimum absolute atomic E-state index is 0.125. The number of anilines is 3. The van der Waals surface area contributed by atoms with E-state index in [2.05, 4.69) is 58.5 Å². The maximum Gasteiger partial charge on any atom is 0.234 e. The van der Waals surface area contributed by atoms with E-state index in [9.17, 15) is 9.59 Å². The van der Waals surface area contributed by atoms with E-state index >= 15 is 0 Å². The third kappa shape index (κ3) is 5.25. The first kappa shape index (κ1) is 23.8. The molecule has 2 heterocycles. The van der Waals surface area contributed by atoms with Crippen molar-refractivity contribution in [2.75, 3.05) is 40.5 Å². The van der Waals surface area contributed by atoms with Gasteiger partial charge in [0.25, 0.3) is 0 Å². The molecule has 0 spiro atoms. The fraction of sp³-hybridized carbons (Fsp3) is 0.360. The van der Waals surface area contributed by atoms with Crippen molar-refractivity contribution >= 4 is 40.6 Å². The molecule has 2 amide bonds. The fourth-order valence-electron chi connectivity index (χ4n) is 4.10. The van der Waals surface area contributed by atoms with E-state index in [1.807, 2.05) is 35.9 Å². The number of aromatic nitrogens is 3. The van der Waals surface area contributed by atoms with Crippen LogP contribution in [0.5, 0.6) is 0 Å². The van der Waals surface area contributed by atoms with E-state index in [-0.39, 0.29) is 17.6 Å². The fourth-order valence-corrected chi connectivity index (χ4v) is 4.81. The average molecular weight is 479 g/mol. The molecule has 1 N–H and O–H groups in total. The summed E-state index contributed by atoms with van der Waals surface area (Å²) >= 11 is 1.34. The molecule has 8 nitrogen and oxygen atoms in total. The van der Waals surface area contributed by atoms with Crippen molar-refractivity contribution in [1.82, 2.24) is 14.8 Å². The van der Waals surface area contributed by atoms with Crippen LogP contribution in [0.15, 0.2) is 53.7 Å². The molecule has 1 aliphatic heterocycles. The minimum Gasteiger partial charge on any atom is -0.372 e. The number of benzene rings is 2. The number of hydrogen-bond donors (Lipinski definition) is 1. The van der Waals surface area contributed by atoms with Crippen molar-refractivity contribution in [3.8, 4) is 11.4 Å². The monoisotopic (exact) mass is 478 g/mol. The molecule has 1 aromatic heterocycles.